The van der Waals surface area contributed by atoms with Crippen molar-refractivity contribution >= 4 is 0 Å². The van der Waals surface area contributed by atoms with Gasteiger partial charge in [0, 0.05) is 11.6 Å². The molecule has 154 valence electrons. The molecule has 0 aromatic heterocycles. The summed E-state index contributed by atoms with van der Waals surface area (Å²) in [6, 6.07) is 21.7. The number of nitrogens with zero attached hydrogens (tertiary/aromatic N) is 1. The molecule has 0 saturated heterocycles. The fraction of sp³-hybridized carbons (Fsp3) is 0.160. The number of aryl methyl sites for hydroxylation is 1. The highest BCUT2D eigenvalue weighted by molar-refractivity contribution is 5.61. The average molecular weight is 412 g/mol. The molecule has 6 heteroatoms. The molecule has 2 N–H and O–H groups in total. The van der Waals surface area contributed by atoms with Crippen LogP contribution in [0.25, 0.3) is 0 Å². The van der Waals surface area contributed by atoms with E-state index < -0.39 is 0 Å². The van der Waals surface area contributed by atoms with Gasteiger partial charge in [-0.05, 0) is 36.2 Å². The predicted octanol–water partition coefficient (Wildman–Crippen LogP) is 4.52. The van der Waals surface area contributed by atoms with E-state index in [1.54, 1.807) is 6.07 Å². The zero-order valence-electron chi connectivity index (χ0n) is 16.9. The van der Waals surface area contributed by atoms with E-state index in [0.29, 0.717) is 29.4 Å². The van der Waals surface area contributed by atoms with E-state index >= 15 is 0 Å². The zero-order valence-corrected chi connectivity index (χ0v) is 16.9. The molecule has 0 saturated carbocycles. The number of hydrogen-bond acceptors (Lipinski definition) is 6. The molecule has 2 aliphatic rings. The maximum absolute atomic E-state index is 9.75. The first-order valence-corrected chi connectivity index (χ1v) is 9.92. The van der Waals surface area contributed by atoms with Crippen LogP contribution in [-0.2, 0) is 6.61 Å². The summed E-state index contributed by atoms with van der Waals surface area (Å²) in [6.07, 6.45) is 0. The highest BCUT2D eigenvalue weighted by Crippen LogP contribution is 2.47. The molecule has 0 spiro atoms. The van der Waals surface area contributed by atoms with Gasteiger partial charge in [-0.3, -0.25) is 0 Å². The van der Waals surface area contributed by atoms with Crippen molar-refractivity contribution in [3.63, 3.8) is 0 Å². The van der Waals surface area contributed by atoms with E-state index in [2.05, 4.69) is 37.3 Å². The van der Waals surface area contributed by atoms with Crippen LogP contribution in [0.15, 0.2) is 72.1 Å². The van der Waals surface area contributed by atoms with Gasteiger partial charge in [0.05, 0.1) is 5.92 Å². The van der Waals surface area contributed by atoms with E-state index in [4.69, 9.17) is 24.7 Å². The molecule has 0 bridgehead atoms. The first-order chi connectivity index (χ1) is 15.1. The number of benzene rings is 3. The summed E-state index contributed by atoms with van der Waals surface area (Å²) in [6.45, 7) is 2.70. The van der Waals surface area contributed by atoms with Crippen LogP contribution < -0.4 is 24.7 Å². The maximum atomic E-state index is 9.75. The second-order valence-corrected chi connectivity index (χ2v) is 7.51. The molecule has 6 nitrogen and oxygen atoms in total. The van der Waals surface area contributed by atoms with Crippen LogP contribution in [-0.4, -0.2) is 6.79 Å². The number of allylic oxidation sites excluding steroid dienone is 1. The molecule has 5 rings (SSSR count). The van der Waals surface area contributed by atoms with Crippen molar-refractivity contribution in [1.82, 2.24) is 0 Å². The summed E-state index contributed by atoms with van der Waals surface area (Å²) in [5.74, 6) is 2.27. The fourth-order valence-electron chi connectivity index (χ4n) is 3.80. The number of hydrogen-bond donors (Lipinski definition) is 1. The summed E-state index contributed by atoms with van der Waals surface area (Å²) in [7, 11) is 0. The van der Waals surface area contributed by atoms with Gasteiger partial charge in [0.15, 0.2) is 11.5 Å². The Labute approximate surface area is 180 Å². The molecule has 3 aromatic carbocycles. The zero-order chi connectivity index (χ0) is 21.4. The third kappa shape index (κ3) is 3.51. The molecule has 2 aliphatic heterocycles. The van der Waals surface area contributed by atoms with Crippen molar-refractivity contribution in [3.8, 4) is 29.1 Å². The van der Waals surface area contributed by atoms with Gasteiger partial charge >= 0.3 is 0 Å². The standard InChI is InChI=1S/C25H20N2O4/c1-15-2-4-16(5-3-15)13-28-18-8-6-17(7-9-18)24-19-10-22-23(30-14-29-22)11-21(19)31-25(27)20(24)12-26/h2-11,24H,13-14,27H2,1H3/t24-/m0/s1. The molecular weight excluding hydrogens is 392 g/mol. The lowest BCUT2D eigenvalue weighted by atomic mass is 9.83. The van der Waals surface area contributed by atoms with Gasteiger partial charge in [-0.2, -0.15) is 5.26 Å². The first-order valence-electron chi connectivity index (χ1n) is 9.92. The molecular formula is C25H20N2O4. The lowest BCUT2D eigenvalue weighted by molar-refractivity contribution is 0.174. The van der Waals surface area contributed by atoms with Gasteiger partial charge in [0.25, 0.3) is 0 Å². The van der Waals surface area contributed by atoms with Gasteiger partial charge in [0.2, 0.25) is 12.7 Å². The maximum Gasteiger partial charge on any atom is 0.231 e. The molecule has 31 heavy (non-hydrogen) atoms. The number of nitriles is 1. The Bertz CT molecular complexity index is 1210. The molecule has 3 aromatic rings. The summed E-state index contributed by atoms with van der Waals surface area (Å²) >= 11 is 0. The number of rotatable bonds is 4. The van der Waals surface area contributed by atoms with Gasteiger partial charge in [0.1, 0.15) is 29.7 Å². The van der Waals surface area contributed by atoms with E-state index in [1.165, 1.54) is 5.56 Å². The number of fused-ring (bicyclic) bond motifs is 2. The Kier molecular flexibility index (Phi) is 4.64. The van der Waals surface area contributed by atoms with Crippen molar-refractivity contribution < 1.29 is 18.9 Å². The Balaban J connectivity index is 1.43. The second kappa shape index (κ2) is 7.62. The molecule has 0 amide bonds. The molecule has 2 heterocycles. The number of nitrogens with two attached hydrogens (primary N) is 1. The molecule has 0 radical (unpaired) electrons. The fourth-order valence-corrected chi connectivity index (χ4v) is 3.80. The molecule has 0 unspecified atom stereocenters. The van der Waals surface area contributed by atoms with Crippen LogP contribution in [0, 0.1) is 18.3 Å². The Morgan fingerprint density at radius 3 is 2.42 bits per heavy atom. The average Bonchev–Trinajstić information content (AvgIpc) is 3.24. The molecule has 0 fully saturated rings. The summed E-state index contributed by atoms with van der Waals surface area (Å²) in [5, 5.41) is 9.75. The minimum atomic E-state index is -0.366. The Morgan fingerprint density at radius 1 is 1.00 bits per heavy atom. The molecule has 0 aliphatic carbocycles. The van der Waals surface area contributed by atoms with Crippen LogP contribution >= 0.6 is 0 Å². The van der Waals surface area contributed by atoms with Crippen LogP contribution in [0.2, 0.25) is 0 Å². The van der Waals surface area contributed by atoms with Gasteiger partial charge in [-0.15, -0.1) is 0 Å². The van der Waals surface area contributed by atoms with E-state index in [9.17, 15) is 5.26 Å². The SMILES string of the molecule is Cc1ccc(COc2ccc([C@@H]3C(C#N)=C(N)Oc4cc5c(cc43)OCO5)cc2)cc1. The third-order valence-corrected chi connectivity index (χ3v) is 5.45. The lowest BCUT2D eigenvalue weighted by Crippen LogP contribution is -2.21. The van der Waals surface area contributed by atoms with Crippen molar-refractivity contribution in [1.29, 1.82) is 5.26 Å². The third-order valence-electron chi connectivity index (χ3n) is 5.45. The van der Waals surface area contributed by atoms with Crippen molar-refractivity contribution in [2.45, 2.75) is 19.4 Å². The van der Waals surface area contributed by atoms with Crippen LogP contribution in [0.3, 0.4) is 0 Å². The van der Waals surface area contributed by atoms with Crippen molar-refractivity contribution in [2.24, 2.45) is 5.73 Å². The minimum absolute atomic E-state index is 0.0959. The smallest absolute Gasteiger partial charge is 0.231 e. The summed E-state index contributed by atoms with van der Waals surface area (Å²) in [5.41, 5.74) is 10.5. The van der Waals surface area contributed by atoms with Gasteiger partial charge in [-0.1, -0.05) is 42.0 Å². The van der Waals surface area contributed by atoms with Crippen LogP contribution in [0.4, 0.5) is 0 Å². The van der Waals surface area contributed by atoms with Crippen molar-refractivity contribution in [2.75, 3.05) is 6.79 Å². The van der Waals surface area contributed by atoms with Crippen molar-refractivity contribution in [3.05, 3.63) is 94.4 Å². The Hall–Kier alpha value is -4.11. The van der Waals surface area contributed by atoms with Gasteiger partial charge in [-0.25, -0.2) is 0 Å². The topological polar surface area (TPSA) is 86.7 Å². The van der Waals surface area contributed by atoms with E-state index in [0.717, 1.165) is 22.4 Å². The molecule has 1 atom stereocenters. The quantitative estimate of drug-likeness (QED) is 0.678. The first kappa shape index (κ1) is 18.9. The van der Waals surface area contributed by atoms with Crippen LogP contribution in [0.1, 0.15) is 28.2 Å². The highest BCUT2D eigenvalue weighted by Gasteiger charge is 2.33. The number of ether oxygens (including phenoxy) is 4. The predicted molar refractivity (Wildman–Crippen MR) is 114 cm³/mol. The largest absolute Gasteiger partial charge is 0.489 e. The minimum Gasteiger partial charge on any atom is -0.489 e. The van der Waals surface area contributed by atoms with E-state index in [1.807, 2.05) is 30.3 Å². The highest BCUT2D eigenvalue weighted by atomic mass is 16.7. The monoisotopic (exact) mass is 412 g/mol. The second-order valence-electron chi connectivity index (χ2n) is 7.51. The normalized spacial score (nSPS) is 16.3. The lowest BCUT2D eigenvalue weighted by Gasteiger charge is -2.26. The van der Waals surface area contributed by atoms with Gasteiger partial charge < -0.3 is 24.7 Å². The van der Waals surface area contributed by atoms with Crippen LogP contribution in [0.5, 0.6) is 23.0 Å². The Morgan fingerprint density at radius 2 is 1.71 bits per heavy atom. The summed E-state index contributed by atoms with van der Waals surface area (Å²) < 4.78 is 22.6. The summed E-state index contributed by atoms with van der Waals surface area (Å²) in [4.78, 5) is 0. The van der Waals surface area contributed by atoms with E-state index in [-0.39, 0.29) is 18.6 Å².